The molecule has 0 aromatic rings. The van der Waals surface area contributed by atoms with E-state index in [1.165, 1.54) is 25.7 Å². The van der Waals surface area contributed by atoms with Crippen LogP contribution in [0, 0.1) is 0 Å². The first-order valence-electron chi connectivity index (χ1n) is 8.52. The lowest BCUT2D eigenvalue weighted by Crippen LogP contribution is -2.59. The largest absolute Gasteiger partial charge is 0.373 e. The zero-order chi connectivity index (χ0) is 14.5. The van der Waals surface area contributed by atoms with Crippen molar-refractivity contribution in [2.75, 3.05) is 13.1 Å². The number of rotatable bonds is 1. The van der Waals surface area contributed by atoms with E-state index in [0.717, 1.165) is 31.2 Å². The molecule has 116 valence electrons. The lowest BCUT2D eigenvalue weighted by molar-refractivity contribution is -0.0956. The second kappa shape index (κ2) is 5.26. The molecule has 20 heavy (non-hydrogen) atoms. The number of piperidine rings is 1. The number of ether oxygens (including phenoxy) is 1. The van der Waals surface area contributed by atoms with Gasteiger partial charge in [-0.3, -0.25) is 9.80 Å². The average Bonchev–Trinajstić information content (AvgIpc) is 2.60. The number of fused-ring (bicyclic) bond motifs is 2. The first-order valence-corrected chi connectivity index (χ1v) is 8.52. The highest BCUT2D eigenvalue weighted by Crippen LogP contribution is 2.42. The first-order chi connectivity index (χ1) is 9.34. The molecule has 4 atom stereocenters. The normalized spacial score (nSPS) is 44.0. The highest BCUT2D eigenvalue weighted by Gasteiger charge is 2.46. The molecule has 2 bridgehead atoms. The molecule has 0 spiro atoms. The molecular formula is C17H32N2O. The Labute approximate surface area is 124 Å². The van der Waals surface area contributed by atoms with Crippen LogP contribution in [0.5, 0.6) is 0 Å². The van der Waals surface area contributed by atoms with Gasteiger partial charge in [0.25, 0.3) is 0 Å². The SMILES string of the molecule is C[C@@H]1CN(C2CC3CCC(C2)N3C(C)(C)C)C[C@H](C)O1. The Balaban J connectivity index is 1.68. The Bertz CT molecular complexity index is 327. The third kappa shape index (κ3) is 2.77. The molecule has 0 radical (unpaired) electrons. The van der Waals surface area contributed by atoms with E-state index in [9.17, 15) is 0 Å². The highest BCUT2D eigenvalue weighted by molar-refractivity contribution is 5.02. The molecule has 3 nitrogen and oxygen atoms in total. The minimum Gasteiger partial charge on any atom is -0.373 e. The van der Waals surface area contributed by atoms with Gasteiger partial charge >= 0.3 is 0 Å². The standard InChI is InChI=1S/C17H32N2O/c1-12-10-18(11-13(2)20-12)16-8-14-6-7-15(9-16)19(14)17(3,4)5/h12-16H,6-11H2,1-5H3/t12-,13+,14?,15?,16?. The van der Waals surface area contributed by atoms with Gasteiger partial charge in [-0.05, 0) is 60.3 Å². The molecule has 0 N–H and O–H groups in total. The monoisotopic (exact) mass is 280 g/mol. The van der Waals surface area contributed by atoms with Crippen LogP contribution in [0.3, 0.4) is 0 Å². The number of hydrogen-bond acceptors (Lipinski definition) is 3. The zero-order valence-electron chi connectivity index (χ0n) is 13.9. The summed E-state index contributed by atoms with van der Waals surface area (Å²) in [4.78, 5) is 5.54. The summed E-state index contributed by atoms with van der Waals surface area (Å²) in [5.41, 5.74) is 0.336. The molecule has 0 amide bonds. The fourth-order valence-electron chi connectivity index (χ4n) is 5.06. The zero-order valence-corrected chi connectivity index (χ0v) is 13.9. The molecule has 0 saturated carbocycles. The summed E-state index contributed by atoms with van der Waals surface area (Å²) in [5, 5.41) is 0. The van der Waals surface area contributed by atoms with Crippen molar-refractivity contribution in [3.8, 4) is 0 Å². The van der Waals surface area contributed by atoms with Crippen LogP contribution in [-0.4, -0.2) is 58.8 Å². The lowest BCUT2D eigenvalue weighted by Gasteiger charge is -2.50. The van der Waals surface area contributed by atoms with Crippen molar-refractivity contribution >= 4 is 0 Å². The molecular weight excluding hydrogens is 248 g/mol. The van der Waals surface area contributed by atoms with Gasteiger partial charge < -0.3 is 4.74 Å². The molecule has 3 aliphatic rings. The van der Waals surface area contributed by atoms with Crippen molar-refractivity contribution in [3.05, 3.63) is 0 Å². The van der Waals surface area contributed by atoms with E-state index in [1.54, 1.807) is 0 Å². The summed E-state index contributed by atoms with van der Waals surface area (Å²) < 4.78 is 5.90. The van der Waals surface area contributed by atoms with E-state index in [2.05, 4.69) is 44.4 Å². The molecule has 3 rings (SSSR count). The van der Waals surface area contributed by atoms with Crippen LogP contribution < -0.4 is 0 Å². The van der Waals surface area contributed by atoms with Gasteiger partial charge in [0.2, 0.25) is 0 Å². The quantitative estimate of drug-likeness (QED) is 0.734. The van der Waals surface area contributed by atoms with Crippen molar-refractivity contribution in [1.29, 1.82) is 0 Å². The van der Waals surface area contributed by atoms with E-state index >= 15 is 0 Å². The summed E-state index contributed by atoms with van der Waals surface area (Å²) in [7, 11) is 0. The maximum absolute atomic E-state index is 5.90. The average molecular weight is 280 g/mol. The molecule has 0 aliphatic carbocycles. The Kier molecular flexibility index (Phi) is 3.89. The maximum Gasteiger partial charge on any atom is 0.0678 e. The third-order valence-electron chi connectivity index (χ3n) is 5.45. The van der Waals surface area contributed by atoms with Gasteiger partial charge in [0.05, 0.1) is 12.2 Å². The van der Waals surface area contributed by atoms with Crippen LogP contribution in [0.2, 0.25) is 0 Å². The maximum atomic E-state index is 5.90. The van der Waals surface area contributed by atoms with Crippen molar-refractivity contribution in [2.24, 2.45) is 0 Å². The minimum atomic E-state index is 0.336. The molecule has 3 heterocycles. The molecule has 0 aromatic carbocycles. The highest BCUT2D eigenvalue weighted by atomic mass is 16.5. The van der Waals surface area contributed by atoms with Gasteiger partial charge in [-0.15, -0.1) is 0 Å². The van der Waals surface area contributed by atoms with Gasteiger partial charge in [0, 0.05) is 36.8 Å². The minimum absolute atomic E-state index is 0.336. The van der Waals surface area contributed by atoms with E-state index in [1.807, 2.05) is 0 Å². The molecule has 3 saturated heterocycles. The van der Waals surface area contributed by atoms with Gasteiger partial charge in [0.15, 0.2) is 0 Å². The second-order valence-corrected chi connectivity index (χ2v) is 8.30. The third-order valence-corrected chi connectivity index (χ3v) is 5.45. The fourth-order valence-corrected chi connectivity index (χ4v) is 5.06. The molecule has 3 heteroatoms. The van der Waals surface area contributed by atoms with E-state index < -0.39 is 0 Å². The molecule has 3 fully saturated rings. The van der Waals surface area contributed by atoms with Crippen LogP contribution in [0.15, 0.2) is 0 Å². The van der Waals surface area contributed by atoms with E-state index in [4.69, 9.17) is 4.74 Å². The Morgan fingerprint density at radius 3 is 1.80 bits per heavy atom. The summed E-state index contributed by atoms with van der Waals surface area (Å²) in [5.74, 6) is 0. The molecule has 3 aliphatic heterocycles. The van der Waals surface area contributed by atoms with Crippen molar-refractivity contribution in [1.82, 2.24) is 9.80 Å². The molecule has 2 unspecified atom stereocenters. The summed E-state index contributed by atoms with van der Waals surface area (Å²) >= 11 is 0. The lowest BCUT2D eigenvalue weighted by atomic mass is 9.90. The van der Waals surface area contributed by atoms with Crippen LogP contribution >= 0.6 is 0 Å². The Morgan fingerprint density at radius 2 is 1.35 bits per heavy atom. The van der Waals surface area contributed by atoms with Crippen molar-refractivity contribution in [2.45, 2.75) is 96.2 Å². The van der Waals surface area contributed by atoms with Gasteiger partial charge in [-0.2, -0.15) is 0 Å². The number of nitrogens with zero attached hydrogens (tertiary/aromatic N) is 2. The van der Waals surface area contributed by atoms with Gasteiger partial charge in [-0.1, -0.05) is 0 Å². The molecule has 0 aromatic heterocycles. The summed E-state index contributed by atoms with van der Waals surface area (Å²) in [6.07, 6.45) is 6.36. The number of morpholine rings is 1. The van der Waals surface area contributed by atoms with Crippen LogP contribution in [-0.2, 0) is 4.74 Å². The summed E-state index contributed by atoms with van der Waals surface area (Å²) in [6, 6.07) is 2.42. The number of hydrogen-bond donors (Lipinski definition) is 0. The van der Waals surface area contributed by atoms with Gasteiger partial charge in [-0.25, -0.2) is 0 Å². The van der Waals surface area contributed by atoms with Crippen LogP contribution in [0.25, 0.3) is 0 Å². The predicted molar refractivity (Wildman–Crippen MR) is 83.0 cm³/mol. The Hall–Kier alpha value is -0.120. The van der Waals surface area contributed by atoms with Crippen molar-refractivity contribution in [3.63, 3.8) is 0 Å². The fraction of sp³-hybridized carbons (Fsp3) is 1.00. The first kappa shape index (κ1) is 14.8. The second-order valence-electron chi connectivity index (χ2n) is 8.30. The van der Waals surface area contributed by atoms with E-state index in [0.29, 0.717) is 17.7 Å². The summed E-state index contributed by atoms with van der Waals surface area (Å²) in [6.45, 7) is 13.9. The van der Waals surface area contributed by atoms with Gasteiger partial charge in [0.1, 0.15) is 0 Å². The predicted octanol–water partition coefficient (Wildman–Crippen LogP) is 2.89. The van der Waals surface area contributed by atoms with Crippen LogP contribution in [0.4, 0.5) is 0 Å². The van der Waals surface area contributed by atoms with E-state index in [-0.39, 0.29) is 0 Å². The topological polar surface area (TPSA) is 15.7 Å². The van der Waals surface area contributed by atoms with Crippen LogP contribution in [0.1, 0.15) is 60.3 Å². The smallest absolute Gasteiger partial charge is 0.0678 e. The Morgan fingerprint density at radius 1 is 0.850 bits per heavy atom. The van der Waals surface area contributed by atoms with Crippen molar-refractivity contribution < 1.29 is 4.74 Å².